The highest BCUT2D eigenvalue weighted by Crippen LogP contribution is 2.27. The third kappa shape index (κ3) is 3.94. The Bertz CT molecular complexity index is 436. The van der Waals surface area contributed by atoms with E-state index < -0.39 is 0 Å². The lowest BCUT2D eigenvalue weighted by Crippen LogP contribution is -2.32. The van der Waals surface area contributed by atoms with Gasteiger partial charge in [-0.1, -0.05) is 12.5 Å². The van der Waals surface area contributed by atoms with E-state index >= 15 is 0 Å². The summed E-state index contributed by atoms with van der Waals surface area (Å²) in [5.74, 6) is -0.379. The van der Waals surface area contributed by atoms with E-state index in [0.29, 0.717) is 6.61 Å². The van der Waals surface area contributed by atoms with Crippen LogP contribution in [0.3, 0.4) is 0 Å². The Labute approximate surface area is 113 Å². The van der Waals surface area contributed by atoms with Crippen LogP contribution in [0.25, 0.3) is 0 Å². The lowest BCUT2D eigenvalue weighted by Gasteiger charge is -2.29. The number of hydrogen-bond donors (Lipinski definition) is 1. The van der Waals surface area contributed by atoms with Gasteiger partial charge in [0.05, 0.1) is 12.5 Å². The number of ether oxygens (including phenoxy) is 1. The molecule has 0 amide bonds. The first-order valence-corrected chi connectivity index (χ1v) is 6.87. The third-order valence-electron chi connectivity index (χ3n) is 3.49. The number of anilines is 1. The van der Waals surface area contributed by atoms with E-state index in [1.165, 1.54) is 12.1 Å². The predicted octanol–water partition coefficient (Wildman–Crippen LogP) is 3.36. The fraction of sp³-hybridized carbons (Fsp3) is 0.533. The van der Waals surface area contributed by atoms with Gasteiger partial charge in [0.15, 0.2) is 0 Å². The Morgan fingerprint density at radius 2 is 2.32 bits per heavy atom. The summed E-state index contributed by atoms with van der Waals surface area (Å²) in [6.45, 7) is 2.25. The second-order valence-electron chi connectivity index (χ2n) is 4.97. The Morgan fingerprint density at radius 1 is 1.47 bits per heavy atom. The number of nitrogens with one attached hydrogen (secondary N) is 1. The zero-order valence-electron chi connectivity index (χ0n) is 11.2. The van der Waals surface area contributed by atoms with Gasteiger partial charge >= 0.3 is 5.97 Å². The molecule has 4 heteroatoms. The van der Waals surface area contributed by atoms with Crippen molar-refractivity contribution in [2.75, 3.05) is 11.9 Å². The minimum Gasteiger partial charge on any atom is -0.466 e. The van der Waals surface area contributed by atoms with Gasteiger partial charge in [0.2, 0.25) is 0 Å². The molecule has 0 aliphatic heterocycles. The lowest BCUT2D eigenvalue weighted by atomic mass is 9.85. The number of rotatable bonds is 4. The molecule has 19 heavy (non-hydrogen) atoms. The molecular weight excluding hydrogens is 245 g/mol. The van der Waals surface area contributed by atoms with Crippen molar-refractivity contribution in [3.05, 3.63) is 30.1 Å². The summed E-state index contributed by atoms with van der Waals surface area (Å²) in [6.07, 6.45) is 3.65. The summed E-state index contributed by atoms with van der Waals surface area (Å²) in [6, 6.07) is 6.65. The number of hydrogen-bond acceptors (Lipinski definition) is 3. The summed E-state index contributed by atoms with van der Waals surface area (Å²) < 4.78 is 18.2. The molecule has 0 aromatic heterocycles. The summed E-state index contributed by atoms with van der Waals surface area (Å²) in [5.41, 5.74) is 0.773. The van der Waals surface area contributed by atoms with Gasteiger partial charge in [-0.2, -0.15) is 0 Å². The van der Waals surface area contributed by atoms with Gasteiger partial charge in [-0.15, -0.1) is 0 Å². The predicted molar refractivity (Wildman–Crippen MR) is 72.4 cm³/mol. The smallest absolute Gasteiger partial charge is 0.308 e. The molecule has 1 fully saturated rings. The lowest BCUT2D eigenvalue weighted by molar-refractivity contribution is -0.149. The van der Waals surface area contributed by atoms with Gasteiger partial charge in [-0.05, 0) is 44.4 Å². The zero-order chi connectivity index (χ0) is 13.7. The summed E-state index contributed by atoms with van der Waals surface area (Å²) >= 11 is 0. The van der Waals surface area contributed by atoms with Crippen LogP contribution in [0.15, 0.2) is 24.3 Å². The molecule has 0 heterocycles. The van der Waals surface area contributed by atoms with Crippen molar-refractivity contribution in [1.29, 1.82) is 0 Å². The number of halogens is 1. The van der Waals surface area contributed by atoms with Gasteiger partial charge in [0.25, 0.3) is 0 Å². The second-order valence-corrected chi connectivity index (χ2v) is 4.97. The molecule has 2 rings (SSSR count). The fourth-order valence-electron chi connectivity index (χ4n) is 2.61. The standard InChI is InChI=1S/C15H20FNO2/c1-2-19-15(18)11-5-3-7-13(9-11)17-14-8-4-6-12(16)10-14/h4,6,8,10-11,13,17H,2-3,5,7,9H2,1H3. The molecule has 1 aliphatic carbocycles. The molecule has 1 aliphatic rings. The van der Waals surface area contributed by atoms with Crippen LogP contribution in [-0.2, 0) is 9.53 Å². The number of carbonyl (C=O) groups excluding carboxylic acids is 1. The van der Waals surface area contributed by atoms with Gasteiger partial charge in [0.1, 0.15) is 5.82 Å². The van der Waals surface area contributed by atoms with Crippen molar-refractivity contribution >= 4 is 11.7 Å². The van der Waals surface area contributed by atoms with E-state index in [2.05, 4.69) is 5.32 Å². The first-order valence-electron chi connectivity index (χ1n) is 6.87. The van der Waals surface area contributed by atoms with E-state index in [4.69, 9.17) is 4.74 Å². The van der Waals surface area contributed by atoms with Crippen molar-refractivity contribution in [1.82, 2.24) is 0 Å². The quantitative estimate of drug-likeness (QED) is 0.848. The molecule has 3 nitrogen and oxygen atoms in total. The van der Waals surface area contributed by atoms with Crippen LogP contribution < -0.4 is 5.32 Å². The molecule has 1 aromatic rings. The molecule has 2 atom stereocenters. The summed E-state index contributed by atoms with van der Waals surface area (Å²) in [7, 11) is 0. The maximum Gasteiger partial charge on any atom is 0.308 e. The van der Waals surface area contributed by atoms with Crippen LogP contribution in [0.4, 0.5) is 10.1 Å². The van der Waals surface area contributed by atoms with Crippen LogP contribution in [-0.4, -0.2) is 18.6 Å². The molecular formula is C15H20FNO2. The van der Waals surface area contributed by atoms with Gasteiger partial charge in [0, 0.05) is 11.7 Å². The monoisotopic (exact) mass is 265 g/mol. The van der Waals surface area contributed by atoms with Crippen LogP contribution in [0.5, 0.6) is 0 Å². The average molecular weight is 265 g/mol. The second kappa shape index (κ2) is 6.55. The van der Waals surface area contributed by atoms with Gasteiger partial charge in [-0.3, -0.25) is 4.79 Å². The first kappa shape index (κ1) is 13.8. The molecule has 0 bridgehead atoms. The fourth-order valence-corrected chi connectivity index (χ4v) is 2.61. The molecule has 0 spiro atoms. The Balaban J connectivity index is 1.92. The third-order valence-corrected chi connectivity index (χ3v) is 3.49. The van der Waals surface area contributed by atoms with Crippen molar-refractivity contribution in [3.8, 4) is 0 Å². The highest BCUT2D eigenvalue weighted by atomic mass is 19.1. The van der Waals surface area contributed by atoms with Crippen molar-refractivity contribution in [2.45, 2.75) is 38.6 Å². The molecule has 1 aromatic carbocycles. The Morgan fingerprint density at radius 3 is 3.05 bits per heavy atom. The van der Waals surface area contributed by atoms with Crippen LogP contribution in [0.2, 0.25) is 0 Å². The minimum atomic E-state index is -0.247. The number of esters is 1. The molecule has 0 radical (unpaired) electrons. The highest BCUT2D eigenvalue weighted by molar-refractivity contribution is 5.72. The van der Waals surface area contributed by atoms with E-state index in [1.807, 2.05) is 13.0 Å². The van der Waals surface area contributed by atoms with E-state index in [9.17, 15) is 9.18 Å². The maximum atomic E-state index is 13.1. The highest BCUT2D eigenvalue weighted by Gasteiger charge is 2.28. The molecule has 2 unspecified atom stereocenters. The molecule has 1 N–H and O–H groups in total. The van der Waals surface area contributed by atoms with Crippen molar-refractivity contribution < 1.29 is 13.9 Å². The first-order chi connectivity index (χ1) is 9.19. The van der Waals surface area contributed by atoms with Crippen LogP contribution in [0.1, 0.15) is 32.6 Å². The van der Waals surface area contributed by atoms with Gasteiger partial charge in [-0.25, -0.2) is 4.39 Å². The molecule has 1 saturated carbocycles. The normalized spacial score (nSPS) is 22.8. The Hall–Kier alpha value is -1.58. The average Bonchev–Trinajstić information content (AvgIpc) is 2.39. The summed E-state index contributed by atoms with van der Waals surface area (Å²) in [4.78, 5) is 11.7. The zero-order valence-corrected chi connectivity index (χ0v) is 11.2. The largest absolute Gasteiger partial charge is 0.466 e. The summed E-state index contributed by atoms with van der Waals surface area (Å²) in [5, 5.41) is 3.30. The number of carbonyl (C=O) groups is 1. The van der Waals surface area contributed by atoms with E-state index in [1.54, 1.807) is 6.07 Å². The SMILES string of the molecule is CCOC(=O)C1CCCC(Nc2cccc(F)c2)C1. The van der Waals surface area contributed by atoms with Gasteiger partial charge < -0.3 is 10.1 Å². The van der Waals surface area contributed by atoms with Crippen LogP contribution >= 0.6 is 0 Å². The van der Waals surface area contributed by atoms with Crippen molar-refractivity contribution in [2.24, 2.45) is 5.92 Å². The molecule has 104 valence electrons. The Kier molecular flexibility index (Phi) is 4.77. The maximum absolute atomic E-state index is 13.1. The van der Waals surface area contributed by atoms with Crippen LogP contribution in [0, 0.1) is 11.7 Å². The minimum absolute atomic E-state index is 0.0280. The van der Waals surface area contributed by atoms with E-state index in [-0.39, 0.29) is 23.7 Å². The molecule has 0 saturated heterocycles. The van der Waals surface area contributed by atoms with E-state index in [0.717, 1.165) is 31.4 Å². The topological polar surface area (TPSA) is 38.3 Å². The number of benzene rings is 1. The van der Waals surface area contributed by atoms with Crippen molar-refractivity contribution in [3.63, 3.8) is 0 Å².